The summed E-state index contributed by atoms with van der Waals surface area (Å²) in [5.74, 6) is 10.1. The molecule has 1 fully saturated rings. The van der Waals surface area contributed by atoms with Crippen molar-refractivity contribution in [3.05, 3.63) is 36.4 Å². The van der Waals surface area contributed by atoms with Crippen LogP contribution < -0.4 is 16.2 Å². The summed E-state index contributed by atoms with van der Waals surface area (Å²) in [7, 11) is 0. The molecule has 3 N–H and O–H groups in total. The summed E-state index contributed by atoms with van der Waals surface area (Å²) in [6, 6.07) is 12.4. The number of nitrogen functional groups attached to an aromatic ring is 1. The van der Waals surface area contributed by atoms with Gasteiger partial charge < -0.3 is 10.3 Å². The van der Waals surface area contributed by atoms with Crippen molar-refractivity contribution in [1.82, 2.24) is 9.97 Å². The number of nitrogens with two attached hydrogens (primary N) is 1. The van der Waals surface area contributed by atoms with Crippen LogP contribution in [0, 0.1) is 0 Å². The smallest absolute Gasteiger partial charge is 0.163 e. The van der Waals surface area contributed by atoms with E-state index in [2.05, 4.69) is 22.2 Å². The average Bonchev–Trinajstić information content (AvgIpc) is 2.55. The van der Waals surface area contributed by atoms with Gasteiger partial charge in [0.15, 0.2) is 5.82 Å². The van der Waals surface area contributed by atoms with Crippen LogP contribution in [-0.2, 0) is 0 Å². The van der Waals surface area contributed by atoms with Crippen LogP contribution in [-0.4, -0.2) is 34.1 Å². The third-order valence-electron chi connectivity index (χ3n) is 3.55. The van der Waals surface area contributed by atoms with Crippen LogP contribution in [0.3, 0.4) is 0 Å². The molecular formula is C15H19N5S. The van der Waals surface area contributed by atoms with Gasteiger partial charge in [-0.3, -0.25) is 0 Å². The Kier molecular flexibility index (Phi) is 4.26. The van der Waals surface area contributed by atoms with Gasteiger partial charge in [0.25, 0.3) is 0 Å². The predicted octanol–water partition coefficient (Wildman–Crippen LogP) is 2.37. The fourth-order valence-corrected chi connectivity index (χ4v) is 3.45. The first-order valence-electron chi connectivity index (χ1n) is 7.03. The van der Waals surface area contributed by atoms with Crippen molar-refractivity contribution in [2.45, 2.75) is 13.0 Å². The van der Waals surface area contributed by atoms with E-state index >= 15 is 0 Å². The molecule has 3 rings (SSSR count). The lowest BCUT2D eigenvalue weighted by molar-refractivity contribution is 0.689. The third kappa shape index (κ3) is 3.11. The van der Waals surface area contributed by atoms with Gasteiger partial charge >= 0.3 is 0 Å². The van der Waals surface area contributed by atoms with Crippen molar-refractivity contribution in [3.63, 3.8) is 0 Å². The van der Waals surface area contributed by atoms with Crippen LogP contribution >= 0.6 is 11.8 Å². The molecule has 1 aliphatic rings. The minimum absolute atomic E-state index is 0.466. The molecule has 21 heavy (non-hydrogen) atoms. The van der Waals surface area contributed by atoms with Crippen molar-refractivity contribution >= 4 is 23.4 Å². The number of hydrogen-bond donors (Lipinski definition) is 2. The molecule has 6 heteroatoms. The molecule has 0 aliphatic carbocycles. The SMILES string of the molecule is CC1CSCCN1c1cc(NN)nc(-c2ccccc2)n1. The molecule has 1 aromatic carbocycles. The molecule has 1 aromatic heterocycles. The second kappa shape index (κ2) is 6.32. The van der Waals surface area contributed by atoms with Crippen LogP contribution in [0.2, 0.25) is 0 Å². The summed E-state index contributed by atoms with van der Waals surface area (Å²) in [5.41, 5.74) is 3.64. The zero-order valence-electron chi connectivity index (χ0n) is 12.0. The van der Waals surface area contributed by atoms with E-state index in [1.165, 1.54) is 0 Å². The van der Waals surface area contributed by atoms with Gasteiger partial charge in [-0.05, 0) is 6.92 Å². The van der Waals surface area contributed by atoms with Gasteiger partial charge in [-0.15, -0.1) is 0 Å². The van der Waals surface area contributed by atoms with Crippen molar-refractivity contribution in [2.24, 2.45) is 5.84 Å². The van der Waals surface area contributed by atoms with E-state index in [1.54, 1.807) is 0 Å². The van der Waals surface area contributed by atoms with E-state index in [9.17, 15) is 0 Å². The second-order valence-electron chi connectivity index (χ2n) is 5.06. The Hall–Kier alpha value is -1.79. The van der Waals surface area contributed by atoms with Gasteiger partial charge in [0, 0.05) is 35.7 Å². The van der Waals surface area contributed by atoms with Crippen molar-refractivity contribution < 1.29 is 0 Å². The first-order valence-corrected chi connectivity index (χ1v) is 8.19. The standard InChI is InChI=1S/C15H19N5S/c1-11-10-21-8-7-20(11)14-9-13(19-16)17-15(18-14)12-5-3-2-4-6-12/h2-6,9,11H,7-8,10,16H2,1H3,(H,17,18,19). The molecule has 0 radical (unpaired) electrons. The van der Waals surface area contributed by atoms with Gasteiger partial charge in [0.2, 0.25) is 0 Å². The highest BCUT2D eigenvalue weighted by Crippen LogP contribution is 2.26. The van der Waals surface area contributed by atoms with Crippen LogP contribution in [0.4, 0.5) is 11.6 Å². The second-order valence-corrected chi connectivity index (χ2v) is 6.21. The Bertz CT molecular complexity index is 604. The number of anilines is 2. The number of thioether (sulfide) groups is 1. The number of rotatable bonds is 3. The monoisotopic (exact) mass is 301 g/mol. The third-order valence-corrected chi connectivity index (χ3v) is 4.74. The topological polar surface area (TPSA) is 67.1 Å². The Balaban J connectivity index is 2.01. The zero-order valence-corrected chi connectivity index (χ0v) is 12.8. The van der Waals surface area contributed by atoms with Gasteiger partial charge in [0.05, 0.1) is 0 Å². The molecule has 2 aromatic rings. The Morgan fingerprint density at radius 1 is 1.29 bits per heavy atom. The molecule has 1 unspecified atom stereocenters. The van der Waals surface area contributed by atoms with Gasteiger partial charge in [-0.2, -0.15) is 11.8 Å². The first kappa shape index (κ1) is 14.2. The molecule has 1 aliphatic heterocycles. The lowest BCUT2D eigenvalue weighted by Gasteiger charge is -2.34. The maximum absolute atomic E-state index is 5.57. The van der Waals surface area contributed by atoms with Crippen LogP contribution in [0.25, 0.3) is 11.4 Å². The molecule has 1 atom stereocenters. The molecule has 0 amide bonds. The average molecular weight is 301 g/mol. The fraction of sp³-hybridized carbons (Fsp3) is 0.333. The van der Waals surface area contributed by atoms with Crippen molar-refractivity contribution in [2.75, 3.05) is 28.4 Å². The molecule has 5 nitrogen and oxygen atoms in total. The largest absolute Gasteiger partial charge is 0.352 e. The zero-order chi connectivity index (χ0) is 14.7. The molecular weight excluding hydrogens is 282 g/mol. The van der Waals surface area contributed by atoms with Crippen LogP contribution in [0.5, 0.6) is 0 Å². The Labute approximate surface area is 128 Å². The van der Waals surface area contributed by atoms with E-state index in [0.29, 0.717) is 17.7 Å². The molecule has 0 saturated carbocycles. The maximum Gasteiger partial charge on any atom is 0.163 e. The highest BCUT2D eigenvalue weighted by Gasteiger charge is 2.21. The molecule has 0 spiro atoms. The van der Waals surface area contributed by atoms with Gasteiger partial charge in [0.1, 0.15) is 11.6 Å². The molecule has 110 valence electrons. The lowest BCUT2D eigenvalue weighted by atomic mass is 10.2. The van der Waals surface area contributed by atoms with Crippen molar-refractivity contribution in [1.29, 1.82) is 0 Å². The van der Waals surface area contributed by atoms with E-state index in [1.807, 2.05) is 48.2 Å². The summed E-state index contributed by atoms with van der Waals surface area (Å²) in [6.45, 7) is 3.23. The van der Waals surface area contributed by atoms with Crippen molar-refractivity contribution in [3.8, 4) is 11.4 Å². The van der Waals surface area contributed by atoms with E-state index in [-0.39, 0.29) is 0 Å². The highest BCUT2D eigenvalue weighted by atomic mass is 32.2. The quantitative estimate of drug-likeness (QED) is 0.670. The lowest BCUT2D eigenvalue weighted by Crippen LogP contribution is -2.41. The van der Waals surface area contributed by atoms with Gasteiger partial charge in [-0.1, -0.05) is 30.3 Å². The van der Waals surface area contributed by atoms with E-state index < -0.39 is 0 Å². The summed E-state index contributed by atoms with van der Waals surface area (Å²) < 4.78 is 0. The maximum atomic E-state index is 5.57. The highest BCUT2D eigenvalue weighted by molar-refractivity contribution is 7.99. The number of hydrogen-bond acceptors (Lipinski definition) is 6. The minimum Gasteiger partial charge on any atom is -0.352 e. The molecule has 0 bridgehead atoms. The Morgan fingerprint density at radius 3 is 2.81 bits per heavy atom. The number of nitrogens with zero attached hydrogens (tertiary/aromatic N) is 3. The summed E-state index contributed by atoms with van der Waals surface area (Å²) in [6.07, 6.45) is 0. The van der Waals surface area contributed by atoms with Crippen LogP contribution in [0.15, 0.2) is 36.4 Å². The van der Waals surface area contributed by atoms with E-state index in [4.69, 9.17) is 10.8 Å². The summed E-state index contributed by atoms with van der Waals surface area (Å²) in [5, 5.41) is 0. The number of hydrazine groups is 1. The fourth-order valence-electron chi connectivity index (χ4n) is 2.44. The Morgan fingerprint density at radius 2 is 2.10 bits per heavy atom. The minimum atomic E-state index is 0.466. The van der Waals surface area contributed by atoms with Gasteiger partial charge in [-0.25, -0.2) is 15.8 Å². The molecule has 2 heterocycles. The number of nitrogens with one attached hydrogen (secondary N) is 1. The number of benzene rings is 1. The predicted molar refractivity (Wildman–Crippen MR) is 89.4 cm³/mol. The number of aromatic nitrogens is 2. The summed E-state index contributed by atoms with van der Waals surface area (Å²) >= 11 is 1.99. The summed E-state index contributed by atoms with van der Waals surface area (Å²) in [4.78, 5) is 11.5. The first-order chi connectivity index (χ1) is 10.3. The molecule has 1 saturated heterocycles. The van der Waals surface area contributed by atoms with E-state index in [0.717, 1.165) is 29.4 Å². The normalized spacial score (nSPS) is 18.6. The van der Waals surface area contributed by atoms with Crippen LogP contribution in [0.1, 0.15) is 6.92 Å².